The number of fused-ring (bicyclic) bond motifs is 10. The van der Waals surface area contributed by atoms with E-state index in [1.807, 2.05) is 13.8 Å². The number of carbonyl (C=O) groups is 2. The van der Waals surface area contributed by atoms with Gasteiger partial charge in [0.05, 0.1) is 63.0 Å². The van der Waals surface area contributed by atoms with E-state index in [1.54, 1.807) is 38.1 Å². The Hall–Kier alpha value is -4.06. The van der Waals surface area contributed by atoms with Crippen molar-refractivity contribution in [3.63, 3.8) is 0 Å². The Kier molecular flexibility index (Phi) is 15.0. The highest BCUT2D eigenvalue weighted by Gasteiger charge is 2.91. The average molecular weight is 1350 g/mol. The van der Waals surface area contributed by atoms with Gasteiger partial charge in [-0.2, -0.15) is 0 Å². The number of benzene rings is 2. The molecule has 16 rings (SSSR count). The molecular weight excluding hydrogens is 1240 g/mol. The second-order valence-corrected chi connectivity index (χ2v) is 33.5. The second kappa shape index (κ2) is 21.3. The molecule has 0 radical (unpaired) electrons. The number of methoxy groups -OCH3 is 4. The van der Waals surface area contributed by atoms with Crippen molar-refractivity contribution in [2.75, 3.05) is 54.6 Å². The zero-order valence-corrected chi connectivity index (χ0v) is 57.0. The Labute approximate surface area is 560 Å². The van der Waals surface area contributed by atoms with Crippen LogP contribution in [0.25, 0.3) is 0 Å². The molecule has 8 saturated carbocycles. The predicted molar refractivity (Wildman–Crippen MR) is 338 cm³/mol. The van der Waals surface area contributed by atoms with E-state index in [1.165, 1.54) is 40.6 Å². The maximum atomic E-state index is 13.5. The van der Waals surface area contributed by atoms with Crippen LogP contribution in [-0.2, 0) is 18.9 Å². The fourth-order valence-electron chi connectivity index (χ4n) is 25.2. The molecule has 24 nitrogen and oxygen atoms in total. The molecular formula is C72H102N2O22. The summed E-state index contributed by atoms with van der Waals surface area (Å²) in [5, 5.41) is 149. The van der Waals surface area contributed by atoms with Crippen molar-refractivity contribution in [3.8, 4) is 23.0 Å². The Morgan fingerprint density at radius 3 is 1.16 bits per heavy atom. The molecule has 14 aliphatic rings. The summed E-state index contributed by atoms with van der Waals surface area (Å²) in [4.78, 5) is 31.2. The molecule has 6 heterocycles. The third-order valence-electron chi connectivity index (χ3n) is 29.8. The zero-order valence-electron chi connectivity index (χ0n) is 57.0. The topological polar surface area (TPSA) is 357 Å². The average Bonchev–Trinajstić information content (AvgIpc) is 1.46. The highest BCUT2D eigenvalue weighted by atomic mass is 16.7. The Balaban J connectivity index is 0.000000158. The maximum Gasteiger partial charge on any atom is 0.338 e. The molecule has 2 spiro atoms. The molecule has 0 aromatic heterocycles. The van der Waals surface area contributed by atoms with E-state index in [0.717, 1.165) is 12.8 Å². The standard InChI is InChI=1S/2C36H51NO11/c2*1-19-6-11-26-31(3,40)35(43)25(17-37(26)16-19)33(42)18-34-24(32(33,41)15-27(35)38)10-9-23-30(34,2)13-12-28(36(23,44)48-34)47-29(39)20-7-8-21(45-4)22(14-20)46-5/h2*7-8,14,19,23-28,38,40-44H,6,9-13,15-18H2,1-5H3/t2*19-,23?,24-,25-,26-,27-,28?,30-,31+,32+,33+,34+,35-,36-/m00/s1. The summed E-state index contributed by atoms with van der Waals surface area (Å²) in [5.74, 6) is -7.27. The minimum atomic E-state index is -2.10. The third kappa shape index (κ3) is 8.01. The number of rotatable bonds is 8. The van der Waals surface area contributed by atoms with E-state index in [-0.39, 0.29) is 49.9 Å². The van der Waals surface area contributed by atoms with Crippen LogP contribution in [0.1, 0.15) is 165 Å². The predicted octanol–water partition coefficient (Wildman–Crippen LogP) is 2.71. The minimum Gasteiger partial charge on any atom is -0.493 e. The summed E-state index contributed by atoms with van der Waals surface area (Å²) in [6, 6.07) is 8.57. The fraction of sp³-hybridized carbons (Fsp3) is 0.806. The monoisotopic (exact) mass is 1350 g/mol. The Morgan fingerprint density at radius 1 is 0.448 bits per heavy atom. The van der Waals surface area contributed by atoms with Gasteiger partial charge in [0.15, 0.2) is 35.2 Å². The molecule has 96 heavy (non-hydrogen) atoms. The molecule has 8 aliphatic carbocycles. The maximum absolute atomic E-state index is 13.5. The molecule has 24 heteroatoms. The molecule has 6 saturated heterocycles. The van der Waals surface area contributed by atoms with Crippen molar-refractivity contribution in [1.82, 2.24) is 9.80 Å². The molecule has 4 unspecified atom stereocenters. The van der Waals surface area contributed by atoms with Crippen LogP contribution < -0.4 is 18.9 Å². The second-order valence-electron chi connectivity index (χ2n) is 33.5. The first-order valence-electron chi connectivity index (χ1n) is 35.3. The van der Waals surface area contributed by atoms with E-state index in [2.05, 4.69) is 23.6 Å². The summed E-state index contributed by atoms with van der Waals surface area (Å²) < 4.78 is 47.1. The quantitative estimate of drug-likeness (QED) is 0.169. The lowest BCUT2D eigenvalue weighted by molar-refractivity contribution is -0.354. The smallest absolute Gasteiger partial charge is 0.338 e. The lowest BCUT2D eigenvalue weighted by atomic mass is 9.49. The van der Waals surface area contributed by atoms with Gasteiger partial charge in [-0.05, 0) is 139 Å². The first-order valence-corrected chi connectivity index (χ1v) is 35.3. The van der Waals surface area contributed by atoms with Gasteiger partial charge in [-0.1, -0.05) is 27.7 Å². The number of ether oxygens (including phenoxy) is 8. The van der Waals surface area contributed by atoms with Crippen LogP contribution in [0.4, 0.5) is 0 Å². The number of nitrogens with zero attached hydrogens (tertiary/aromatic N) is 2. The van der Waals surface area contributed by atoms with Crippen LogP contribution >= 0.6 is 0 Å². The third-order valence-corrected chi connectivity index (χ3v) is 29.8. The van der Waals surface area contributed by atoms with Gasteiger partial charge in [-0.3, -0.25) is 9.80 Å². The van der Waals surface area contributed by atoms with Crippen LogP contribution in [0.3, 0.4) is 0 Å². The van der Waals surface area contributed by atoms with Gasteiger partial charge in [0, 0.05) is 110 Å². The summed E-state index contributed by atoms with van der Waals surface area (Å²) in [6.45, 7) is 13.1. The van der Waals surface area contributed by atoms with Gasteiger partial charge in [0.25, 0.3) is 0 Å². The van der Waals surface area contributed by atoms with Crippen molar-refractivity contribution >= 4 is 11.9 Å². The van der Waals surface area contributed by atoms with Gasteiger partial charge in [-0.15, -0.1) is 0 Å². The van der Waals surface area contributed by atoms with Gasteiger partial charge in [-0.25, -0.2) is 9.59 Å². The van der Waals surface area contributed by atoms with E-state index < -0.39 is 162 Å². The lowest BCUT2D eigenvalue weighted by Crippen LogP contribution is -2.85. The molecule has 28 atom stereocenters. The largest absolute Gasteiger partial charge is 0.493 e. The summed E-state index contributed by atoms with van der Waals surface area (Å²) in [7, 11) is 5.95. The molecule has 532 valence electrons. The highest BCUT2D eigenvalue weighted by molar-refractivity contribution is 5.91. The molecule has 12 N–H and O–H groups in total. The molecule has 6 aliphatic heterocycles. The van der Waals surface area contributed by atoms with Crippen molar-refractivity contribution < 1.29 is 109 Å². The first kappa shape index (κ1) is 67.7. The van der Waals surface area contributed by atoms with Gasteiger partial charge < -0.3 is 99.2 Å². The Morgan fingerprint density at radius 2 is 0.802 bits per heavy atom. The summed E-state index contributed by atoms with van der Waals surface area (Å²) in [5.41, 5.74) is -18.9. The number of aliphatic hydroxyl groups is 12. The number of aliphatic hydroxyl groups excluding tert-OH is 2. The first-order chi connectivity index (χ1) is 44.9. The molecule has 8 bridgehead atoms. The van der Waals surface area contributed by atoms with E-state index in [9.17, 15) is 70.9 Å². The number of carbonyl (C=O) groups excluding carboxylic acids is 2. The minimum absolute atomic E-state index is 0.101. The SMILES string of the molecule is COc1ccc(C(=O)OC2CC[C@@]3(C)C4CC[C@H]5[C@]6(O)C[C@H](O)[C@@]7(O)[C@@H](CN8C[C@@H](C)CC[C@H]8[C@@]7(C)O)[C@]6(O)C[C@@]53O[C@]24O)cc1OC.COc1ccc(C(=O)OC2CC[C@@]3(C)C4CC[C@H]5[C@]6(O)C[C@H](O)[C@@]7(O)[C@@H](CN8C[C@@H](C)CC[C@H]8[C@@]7(C)O)[C@]6(O)C[C@@]53O[C@]24O)cc1OC. The normalized spacial score (nSPS) is 53.6. The lowest BCUT2D eigenvalue weighted by Gasteiger charge is -2.68. The molecule has 2 aromatic rings. The van der Waals surface area contributed by atoms with Crippen molar-refractivity contribution in [1.29, 1.82) is 0 Å². The van der Waals surface area contributed by atoms with Crippen molar-refractivity contribution in [2.45, 2.75) is 248 Å². The summed E-state index contributed by atoms with van der Waals surface area (Å²) in [6.07, 6.45) is 0.344. The van der Waals surface area contributed by atoms with Gasteiger partial charge in [0.2, 0.25) is 11.6 Å². The number of hydrogen-bond acceptors (Lipinski definition) is 24. The van der Waals surface area contributed by atoms with Gasteiger partial charge in [0.1, 0.15) is 44.8 Å². The van der Waals surface area contributed by atoms with E-state index in [0.29, 0.717) is 112 Å². The van der Waals surface area contributed by atoms with Gasteiger partial charge >= 0.3 is 11.9 Å². The van der Waals surface area contributed by atoms with Crippen LogP contribution in [0, 0.1) is 58.2 Å². The van der Waals surface area contributed by atoms with Crippen LogP contribution in [0.15, 0.2) is 36.4 Å². The van der Waals surface area contributed by atoms with E-state index in [4.69, 9.17) is 37.9 Å². The summed E-state index contributed by atoms with van der Waals surface area (Å²) >= 11 is 0. The van der Waals surface area contributed by atoms with E-state index >= 15 is 0 Å². The van der Waals surface area contributed by atoms with Crippen LogP contribution in [0.2, 0.25) is 0 Å². The number of esters is 2. The van der Waals surface area contributed by atoms with Crippen molar-refractivity contribution in [2.24, 2.45) is 58.2 Å². The van der Waals surface area contributed by atoms with Crippen LogP contribution in [-0.4, -0.2) is 242 Å². The molecule has 14 fully saturated rings. The number of hydrogen-bond donors (Lipinski definition) is 12. The molecule has 2 aromatic carbocycles. The van der Waals surface area contributed by atoms with Crippen LogP contribution in [0.5, 0.6) is 23.0 Å². The fourth-order valence-corrected chi connectivity index (χ4v) is 25.2. The number of piperidine rings is 4. The Bertz CT molecular complexity index is 3270. The zero-order chi connectivity index (χ0) is 68.9. The highest BCUT2D eigenvalue weighted by Crippen LogP contribution is 2.81. The molecule has 0 amide bonds. The van der Waals surface area contributed by atoms with Crippen molar-refractivity contribution in [3.05, 3.63) is 47.5 Å².